The van der Waals surface area contributed by atoms with Crippen molar-refractivity contribution >= 4 is 23.1 Å². The maximum Gasteiger partial charge on any atom is 0.518 e. The van der Waals surface area contributed by atoms with Gasteiger partial charge < -0.3 is 0 Å². The molecule has 0 N–H and O–H groups in total. The third-order valence-electron chi connectivity index (χ3n) is 11.9. The SMILES string of the molecule is [C-]#[N+]C([N+]#[C-])=C1CC2C(=O)C(c3c(CC)cc(C)cc3CC)C(=O)C2C1.[C-]#[N+]C([N+]#[C-])C1CC2C(=O)C(c3c(CC)cc(C)cc3CC)C(=O)C2C1. The second kappa shape index (κ2) is 15.6. The molecule has 8 heteroatoms. The fraction of sp³-hybridized carbons (Fsp3) is 0.500. The molecule has 0 spiro atoms. The number of allylic oxidation sites excluding steroid dienone is 1. The Labute approximate surface area is 308 Å². The Morgan fingerprint density at radius 3 is 1.21 bits per heavy atom. The van der Waals surface area contributed by atoms with Gasteiger partial charge in [-0.1, -0.05) is 63.1 Å². The zero-order valence-electron chi connectivity index (χ0n) is 31.0. The zero-order valence-corrected chi connectivity index (χ0v) is 31.0. The minimum atomic E-state index is -0.753. The molecule has 0 aliphatic heterocycles. The summed E-state index contributed by atoms with van der Waals surface area (Å²) < 4.78 is 0. The van der Waals surface area contributed by atoms with Crippen LogP contribution in [0.5, 0.6) is 0 Å². The number of carbonyl (C=O) groups excluding carboxylic acids is 4. The molecule has 4 saturated carbocycles. The summed E-state index contributed by atoms with van der Waals surface area (Å²) >= 11 is 0. The van der Waals surface area contributed by atoms with E-state index >= 15 is 0 Å². The van der Waals surface area contributed by atoms with E-state index in [2.05, 4.69) is 78.3 Å². The molecule has 6 rings (SSSR count). The van der Waals surface area contributed by atoms with Crippen LogP contribution in [0.2, 0.25) is 0 Å². The van der Waals surface area contributed by atoms with Gasteiger partial charge in [0.25, 0.3) is 0 Å². The van der Waals surface area contributed by atoms with E-state index in [9.17, 15) is 19.2 Å². The van der Waals surface area contributed by atoms with Crippen molar-refractivity contribution in [3.05, 3.63) is 126 Å². The number of benzene rings is 2. The van der Waals surface area contributed by atoms with E-state index < -0.39 is 18.0 Å². The van der Waals surface area contributed by atoms with Gasteiger partial charge in [0, 0.05) is 29.2 Å². The Morgan fingerprint density at radius 1 is 0.596 bits per heavy atom. The van der Waals surface area contributed by atoms with Crippen molar-refractivity contribution in [2.75, 3.05) is 0 Å². The van der Waals surface area contributed by atoms with Gasteiger partial charge in [-0.3, -0.25) is 19.2 Å². The van der Waals surface area contributed by atoms with Gasteiger partial charge in [-0.25, -0.2) is 22.8 Å². The lowest BCUT2D eigenvalue weighted by Crippen LogP contribution is -2.22. The van der Waals surface area contributed by atoms with E-state index in [1.165, 1.54) is 0 Å². The number of ketones is 4. The monoisotopic (exact) mass is 694 g/mol. The lowest BCUT2D eigenvalue weighted by atomic mass is 9.82. The number of Topliss-reactive ketones (excluding diaryl/α,β-unsaturated/α-hetero) is 4. The fourth-order valence-electron chi connectivity index (χ4n) is 9.57. The smallest absolute Gasteiger partial charge is 0.298 e. The highest BCUT2D eigenvalue weighted by molar-refractivity contribution is 6.17. The van der Waals surface area contributed by atoms with Crippen LogP contribution in [-0.4, -0.2) is 29.3 Å². The van der Waals surface area contributed by atoms with Crippen molar-refractivity contribution in [1.29, 1.82) is 0 Å². The van der Waals surface area contributed by atoms with Gasteiger partial charge in [-0.15, -0.1) is 0 Å². The molecule has 0 amide bonds. The first-order valence-corrected chi connectivity index (χ1v) is 18.5. The molecule has 0 aromatic heterocycles. The molecular formula is C44H46N4O4. The van der Waals surface area contributed by atoms with Gasteiger partial charge in [-0.2, -0.15) is 9.69 Å². The molecule has 52 heavy (non-hydrogen) atoms. The van der Waals surface area contributed by atoms with Crippen molar-refractivity contribution in [3.63, 3.8) is 0 Å². The maximum atomic E-state index is 13.2. The summed E-state index contributed by atoms with van der Waals surface area (Å²) in [6.07, 6.45) is 4.24. The number of hydrogen-bond donors (Lipinski definition) is 0. The Kier molecular flexibility index (Phi) is 11.4. The Hall–Kier alpha value is -5.18. The van der Waals surface area contributed by atoms with Crippen LogP contribution < -0.4 is 0 Å². The number of aryl methyl sites for hydroxylation is 6. The maximum absolute atomic E-state index is 13.2. The lowest BCUT2D eigenvalue weighted by molar-refractivity contribution is -0.127. The van der Waals surface area contributed by atoms with Crippen LogP contribution >= 0.6 is 0 Å². The van der Waals surface area contributed by atoms with Gasteiger partial charge >= 0.3 is 12.0 Å². The van der Waals surface area contributed by atoms with Crippen LogP contribution in [0.4, 0.5) is 0 Å². The number of carbonyl (C=O) groups is 4. The van der Waals surface area contributed by atoms with Crippen molar-refractivity contribution in [2.45, 2.75) is 111 Å². The molecule has 0 bridgehead atoms. The van der Waals surface area contributed by atoms with E-state index in [1.807, 2.05) is 6.92 Å². The van der Waals surface area contributed by atoms with Gasteiger partial charge in [0.05, 0.1) is 0 Å². The Bertz CT molecular complexity index is 1920. The summed E-state index contributed by atoms with van der Waals surface area (Å²) in [4.78, 5) is 66.0. The van der Waals surface area contributed by atoms with E-state index in [-0.39, 0.29) is 58.5 Å². The molecule has 4 aliphatic carbocycles. The molecule has 2 aromatic rings. The van der Waals surface area contributed by atoms with Crippen LogP contribution in [0.25, 0.3) is 19.4 Å². The molecule has 0 saturated heterocycles. The van der Waals surface area contributed by atoms with Crippen LogP contribution in [0.15, 0.2) is 35.7 Å². The molecule has 0 heterocycles. The highest BCUT2D eigenvalue weighted by atomic mass is 16.2. The molecule has 4 unspecified atom stereocenters. The van der Waals surface area contributed by atoms with Crippen LogP contribution in [0, 0.1) is 69.7 Å². The highest BCUT2D eigenvalue weighted by Crippen LogP contribution is 2.52. The number of hydrogen-bond acceptors (Lipinski definition) is 4. The van der Waals surface area contributed by atoms with Crippen molar-refractivity contribution in [3.8, 4) is 0 Å². The third-order valence-corrected chi connectivity index (χ3v) is 11.9. The fourth-order valence-corrected chi connectivity index (χ4v) is 9.57. The quantitative estimate of drug-likeness (QED) is 0.215. The van der Waals surface area contributed by atoms with E-state index in [1.54, 1.807) is 0 Å². The second-order valence-corrected chi connectivity index (χ2v) is 14.8. The van der Waals surface area contributed by atoms with Crippen LogP contribution in [0.1, 0.15) is 110 Å². The molecule has 8 nitrogen and oxygen atoms in total. The first-order valence-electron chi connectivity index (χ1n) is 18.5. The second-order valence-electron chi connectivity index (χ2n) is 14.8. The summed E-state index contributed by atoms with van der Waals surface area (Å²) in [7, 11) is 0. The Morgan fingerprint density at radius 2 is 0.923 bits per heavy atom. The van der Waals surface area contributed by atoms with Crippen LogP contribution in [-0.2, 0) is 44.9 Å². The summed E-state index contributed by atoms with van der Waals surface area (Å²) in [6, 6.07) is 8.37. The predicted octanol–water partition coefficient (Wildman–Crippen LogP) is 8.59. The van der Waals surface area contributed by atoms with Gasteiger partial charge in [0.2, 0.25) is 0 Å². The summed E-state index contributed by atoms with van der Waals surface area (Å²) in [5, 5.41) is 0. The Balaban J connectivity index is 0.000000201. The number of rotatable bonds is 7. The van der Waals surface area contributed by atoms with E-state index in [0.29, 0.717) is 31.3 Å². The normalized spacial score (nSPS) is 25.9. The third kappa shape index (κ3) is 6.53. The molecule has 4 fully saturated rings. The van der Waals surface area contributed by atoms with E-state index in [4.69, 9.17) is 26.3 Å². The molecule has 266 valence electrons. The molecule has 4 aliphatic rings. The van der Waals surface area contributed by atoms with Crippen molar-refractivity contribution in [2.24, 2.45) is 29.6 Å². The molecule has 0 radical (unpaired) electrons. The number of fused-ring (bicyclic) bond motifs is 2. The van der Waals surface area contributed by atoms with Gasteiger partial charge in [0.1, 0.15) is 30.9 Å². The lowest BCUT2D eigenvalue weighted by Gasteiger charge is -2.20. The molecule has 2 aromatic carbocycles. The van der Waals surface area contributed by atoms with E-state index in [0.717, 1.165) is 70.2 Å². The highest BCUT2D eigenvalue weighted by Gasteiger charge is 2.58. The summed E-state index contributed by atoms with van der Waals surface area (Å²) in [5.74, 6) is -2.76. The first kappa shape index (κ1) is 38.1. The van der Waals surface area contributed by atoms with Crippen LogP contribution in [0.3, 0.4) is 0 Å². The molecular weight excluding hydrogens is 649 g/mol. The topological polar surface area (TPSA) is 85.7 Å². The largest absolute Gasteiger partial charge is 0.518 e. The van der Waals surface area contributed by atoms with Gasteiger partial charge in [0.15, 0.2) is 23.1 Å². The zero-order chi connectivity index (χ0) is 38.0. The minimum Gasteiger partial charge on any atom is -0.298 e. The average molecular weight is 695 g/mol. The average Bonchev–Trinajstić information content (AvgIpc) is 3.88. The first-order chi connectivity index (χ1) is 24.9. The van der Waals surface area contributed by atoms with Crippen molar-refractivity contribution < 1.29 is 19.2 Å². The number of nitrogens with zero attached hydrogens (tertiary/aromatic N) is 4. The van der Waals surface area contributed by atoms with Crippen molar-refractivity contribution in [1.82, 2.24) is 0 Å². The predicted molar refractivity (Wildman–Crippen MR) is 199 cm³/mol. The summed E-state index contributed by atoms with van der Waals surface area (Å²) in [5.41, 5.74) is 9.25. The molecule has 4 atom stereocenters. The summed E-state index contributed by atoms with van der Waals surface area (Å²) in [6.45, 7) is 40.9. The minimum absolute atomic E-state index is 0.0161. The standard InChI is InChI=1S/C22H24N2O2.C22H22N2O2/c2*1-6-13-8-12(3)9-14(7-2)18(13)19-20(25)16-10-15(22(23-4)24-5)11-17(16)21(19)26/h8-9,15-17,19,22H,6-7,10-11H2,1-3H3;8-9,16-17,19H,6-7,10-11H2,1-3H3. The van der Waals surface area contributed by atoms with Gasteiger partial charge in [-0.05, 0) is 98.6 Å².